The summed E-state index contributed by atoms with van der Waals surface area (Å²) >= 11 is 0. The number of furan rings is 1. The SMILES string of the molecule is CCC(=O)Nc1ccc(-c2nc(=O)n(CCOC)c3c2oc2ccc(-c4ccc(C(C)=O)cc4)cc23)cc1. The predicted octanol–water partition coefficient (Wildman–Crippen LogP) is 5.67. The number of ketones is 1. The van der Waals surface area contributed by atoms with Crippen molar-refractivity contribution in [1.29, 1.82) is 0 Å². The molecule has 5 rings (SSSR count). The Morgan fingerprint density at radius 1 is 0.974 bits per heavy atom. The monoisotopic (exact) mass is 509 g/mol. The van der Waals surface area contributed by atoms with E-state index in [1.807, 2.05) is 30.3 Å². The zero-order valence-electron chi connectivity index (χ0n) is 21.4. The molecule has 0 aliphatic carbocycles. The van der Waals surface area contributed by atoms with Crippen LogP contribution in [0.15, 0.2) is 75.9 Å². The Balaban J connectivity index is 1.68. The first-order valence-corrected chi connectivity index (χ1v) is 12.4. The van der Waals surface area contributed by atoms with Crippen LogP contribution < -0.4 is 11.0 Å². The second-order valence-electron chi connectivity index (χ2n) is 8.99. The topological polar surface area (TPSA) is 103 Å². The maximum Gasteiger partial charge on any atom is 0.348 e. The second kappa shape index (κ2) is 10.4. The molecule has 0 aliphatic rings. The third-order valence-electron chi connectivity index (χ3n) is 6.49. The number of carbonyl (C=O) groups excluding carboxylic acids is 2. The minimum Gasteiger partial charge on any atom is -0.452 e. The summed E-state index contributed by atoms with van der Waals surface area (Å²) in [5, 5.41) is 3.60. The van der Waals surface area contributed by atoms with Crippen molar-refractivity contribution in [3.8, 4) is 22.4 Å². The Hall–Kier alpha value is -4.56. The molecule has 192 valence electrons. The van der Waals surface area contributed by atoms with E-state index in [9.17, 15) is 14.4 Å². The Morgan fingerprint density at radius 3 is 2.32 bits per heavy atom. The standard InChI is InChI=1S/C30H27N3O5/c1-4-26(35)31-23-12-9-21(10-13-23)27-29-28(33(15-16-37-3)30(36)32-27)24-17-22(11-14-25(24)38-29)20-7-5-19(6-8-20)18(2)34/h5-14,17H,4,15-16H2,1-3H3,(H,31,35). The molecule has 0 spiro atoms. The third-order valence-corrected chi connectivity index (χ3v) is 6.49. The van der Waals surface area contributed by atoms with Gasteiger partial charge in [-0.25, -0.2) is 4.79 Å². The lowest BCUT2D eigenvalue weighted by Crippen LogP contribution is -2.25. The quantitative estimate of drug-likeness (QED) is 0.270. The van der Waals surface area contributed by atoms with Crippen LogP contribution in [-0.4, -0.2) is 35.0 Å². The number of hydrogen-bond acceptors (Lipinski definition) is 6. The van der Waals surface area contributed by atoms with E-state index in [4.69, 9.17) is 9.15 Å². The van der Waals surface area contributed by atoms with Crippen LogP contribution in [0.5, 0.6) is 0 Å². The number of methoxy groups -OCH3 is 1. The molecule has 0 atom stereocenters. The summed E-state index contributed by atoms with van der Waals surface area (Å²) in [5.74, 6) is -0.0705. The highest BCUT2D eigenvalue weighted by Crippen LogP contribution is 2.36. The first kappa shape index (κ1) is 25.1. The molecule has 8 heteroatoms. The molecule has 2 aromatic heterocycles. The zero-order valence-corrected chi connectivity index (χ0v) is 21.4. The summed E-state index contributed by atoms with van der Waals surface area (Å²) in [7, 11) is 1.58. The van der Waals surface area contributed by atoms with Crippen LogP contribution in [0.3, 0.4) is 0 Å². The molecule has 3 aromatic carbocycles. The molecule has 0 radical (unpaired) electrons. The van der Waals surface area contributed by atoms with Gasteiger partial charge in [0.15, 0.2) is 11.4 Å². The van der Waals surface area contributed by atoms with Crippen LogP contribution in [0, 0.1) is 0 Å². The number of aromatic nitrogens is 2. The average Bonchev–Trinajstić information content (AvgIpc) is 3.31. The number of amides is 1. The second-order valence-corrected chi connectivity index (χ2v) is 8.99. The van der Waals surface area contributed by atoms with Crippen LogP contribution in [-0.2, 0) is 16.1 Å². The summed E-state index contributed by atoms with van der Waals surface area (Å²) in [5.41, 5.74) is 5.63. The van der Waals surface area contributed by atoms with Crippen molar-refractivity contribution in [3.63, 3.8) is 0 Å². The number of carbonyl (C=O) groups is 2. The van der Waals surface area contributed by atoms with Gasteiger partial charge in [-0.2, -0.15) is 4.98 Å². The summed E-state index contributed by atoms with van der Waals surface area (Å²) in [4.78, 5) is 41.1. The van der Waals surface area contributed by atoms with Gasteiger partial charge in [-0.3, -0.25) is 14.2 Å². The largest absolute Gasteiger partial charge is 0.452 e. The number of anilines is 1. The van der Waals surface area contributed by atoms with Gasteiger partial charge in [0.05, 0.1) is 13.2 Å². The van der Waals surface area contributed by atoms with Gasteiger partial charge in [0.1, 0.15) is 16.8 Å². The normalized spacial score (nSPS) is 11.2. The fourth-order valence-corrected chi connectivity index (χ4v) is 4.44. The van der Waals surface area contributed by atoms with Crippen molar-refractivity contribution in [1.82, 2.24) is 9.55 Å². The lowest BCUT2D eigenvalue weighted by Gasteiger charge is -2.10. The number of nitrogens with one attached hydrogen (secondary N) is 1. The highest BCUT2D eigenvalue weighted by molar-refractivity contribution is 6.08. The molecule has 0 bridgehead atoms. The fourth-order valence-electron chi connectivity index (χ4n) is 4.44. The maximum atomic E-state index is 13.2. The molecule has 0 saturated heterocycles. The average molecular weight is 510 g/mol. The molecule has 38 heavy (non-hydrogen) atoms. The summed E-state index contributed by atoms with van der Waals surface area (Å²) in [6.45, 7) is 3.98. The van der Waals surface area contributed by atoms with Crippen LogP contribution in [0.1, 0.15) is 30.6 Å². The number of Topliss-reactive ketones (excluding diaryl/α,β-unsaturated/α-hetero) is 1. The minimum absolute atomic E-state index is 0.01000. The zero-order chi connectivity index (χ0) is 26.8. The molecule has 2 heterocycles. The van der Waals surface area contributed by atoms with E-state index in [1.165, 1.54) is 0 Å². The molecule has 0 aliphatic heterocycles. The molecule has 1 N–H and O–H groups in total. The molecule has 1 amide bonds. The van der Waals surface area contributed by atoms with Gasteiger partial charge in [0.2, 0.25) is 5.91 Å². The molecule has 0 unspecified atom stereocenters. The van der Waals surface area contributed by atoms with E-state index in [0.717, 1.165) is 16.5 Å². The molecular weight excluding hydrogens is 482 g/mol. The van der Waals surface area contributed by atoms with Crippen molar-refractivity contribution in [2.75, 3.05) is 19.0 Å². The summed E-state index contributed by atoms with van der Waals surface area (Å²) in [6.07, 6.45) is 0.380. The Labute approximate surface area is 218 Å². The Bertz CT molecular complexity index is 1710. The van der Waals surface area contributed by atoms with Crippen molar-refractivity contribution in [2.45, 2.75) is 26.8 Å². The number of nitrogens with zero attached hydrogens (tertiary/aromatic N) is 2. The predicted molar refractivity (Wildman–Crippen MR) is 147 cm³/mol. The number of hydrogen-bond donors (Lipinski definition) is 1. The van der Waals surface area contributed by atoms with Crippen molar-refractivity contribution >= 4 is 39.4 Å². The van der Waals surface area contributed by atoms with E-state index in [-0.39, 0.29) is 11.7 Å². The molecule has 0 fully saturated rings. The maximum absolute atomic E-state index is 13.2. The van der Waals surface area contributed by atoms with Crippen molar-refractivity contribution < 1.29 is 18.7 Å². The third kappa shape index (κ3) is 4.73. The molecule has 5 aromatic rings. The smallest absolute Gasteiger partial charge is 0.348 e. The molecule has 0 saturated carbocycles. The highest BCUT2D eigenvalue weighted by atomic mass is 16.5. The summed E-state index contributed by atoms with van der Waals surface area (Å²) < 4.78 is 13.1. The molecular formula is C30H27N3O5. The fraction of sp³-hybridized carbons (Fsp3) is 0.200. The number of fused-ring (bicyclic) bond motifs is 3. The van der Waals surface area contributed by atoms with Crippen molar-refractivity contribution in [2.24, 2.45) is 0 Å². The van der Waals surface area contributed by atoms with E-state index >= 15 is 0 Å². The first-order valence-electron chi connectivity index (χ1n) is 12.4. The minimum atomic E-state index is -0.410. The van der Waals surface area contributed by atoms with Crippen LogP contribution in [0.25, 0.3) is 44.5 Å². The summed E-state index contributed by atoms with van der Waals surface area (Å²) in [6, 6.07) is 20.4. The lowest BCUT2D eigenvalue weighted by molar-refractivity contribution is -0.115. The number of rotatable bonds is 8. The molecule has 8 nitrogen and oxygen atoms in total. The lowest BCUT2D eigenvalue weighted by atomic mass is 10.0. The van der Waals surface area contributed by atoms with Gasteiger partial charge < -0.3 is 14.5 Å². The van der Waals surface area contributed by atoms with Crippen LogP contribution >= 0.6 is 0 Å². The number of benzene rings is 3. The van der Waals surface area contributed by atoms with Gasteiger partial charge in [-0.05, 0) is 42.3 Å². The van der Waals surface area contributed by atoms with Gasteiger partial charge in [0, 0.05) is 35.7 Å². The Kier molecular flexibility index (Phi) is 6.89. The van der Waals surface area contributed by atoms with Crippen LogP contribution in [0.4, 0.5) is 5.69 Å². The van der Waals surface area contributed by atoms with Gasteiger partial charge in [0.25, 0.3) is 0 Å². The van der Waals surface area contributed by atoms with E-state index in [2.05, 4.69) is 10.3 Å². The first-order chi connectivity index (χ1) is 18.4. The number of ether oxygens (including phenoxy) is 1. The highest BCUT2D eigenvalue weighted by Gasteiger charge is 2.20. The van der Waals surface area contributed by atoms with Crippen molar-refractivity contribution in [3.05, 3.63) is 82.8 Å². The Morgan fingerprint density at radius 2 is 1.66 bits per heavy atom. The van der Waals surface area contributed by atoms with E-state index in [0.29, 0.717) is 58.8 Å². The van der Waals surface area contributed by atoms with Gasteiger partial charge in [-0.1, -0.05) is 49.4 Å². The van der Waals surface area contributed by atoms with E-state index in [1.54, 1.807) is 61.9 Å². The van der Waals surface area contributed by atoms with Gasteiger partial charge in [-0.15, -0.1) is 0 Å². The van der Waals surface area contributed by atoms with E-state index < -0.39 is 5.69 Å². The van der Waals surface area contributed by atoms with Gasteiger partial charge >= 0.3 is 5.69 Å². The van der Waals surface area contributed by atoms with Crippen LogP contribution in [0.2, 0.25) is 0 Å².